The van der Waals surface area contributed by atoms with Gasteiger partial charge in [-0.2, -0.15) is 9.29 Å². The third-order valence-corrected chi connectivity index (χ3v) is 8.03. The van der Waals surface area contributed by atoms with Gasteiger partial charge in [0.05, 0.1) is 12.9 Å². The number of anilines is 1. The van der Waals surface area contributed by atoms with Crippen molar-refractivity contribution >= 4 is 32.8 Å². The van der Waals surface area contributed by atoms with Gasteiger partial charge in [-0.1, -0.05) is 0 Å². The van der Waals surface area contributed by atoms with E-state index in [1.807, 2.05) is 0 Å². The third kappa shape index (κ3) is 3.72. The standard InChI is InChI=1S/C14H23N5O11P2/c1-11(5-28-32(26,27)30-31(23,24)25)12(2,21)13(3,22)14(4,29-11)19-6-16-7-8(19)17-10(15)18-9(7)20/h6,21-22H,5H2,1-4H3,(H,26,27)(H2,23,24,25)(H3,15,17,18,20)/t11-,12?,13+,14-/m1/s1. The average molecular weight is 499 g/mol. The highest BCUT2D eigenvalue weighted by atomic mass is 31.3. The topological polar surface area (TPSA) is 253 Å². The number of ether oxygens (including phenoxy) is 1. The molecular weight excluding hydrogens is 476 g/mol. The molecule has 32 heavy (non-hydrogen) atoms. The number of phosphoric ester groups is 1. The number of hydrogen-bond donors (Lipinski definition) is 7. The van der Waals surface area contributed by atoms with Crippen molar-refractivity contribution in [3.05, 3.63) is 16.7 Å². The van der Waals surface area contributed by atoms with Gasteiger partial charge in [0.15, 0.2) is 16.9 Å². The zero-order valence-electron chi connectivity index (χ0n) is 17.3. The van der Waals surface area contributed by atoms with Crippen LogP contribution in [0.3, 0.4) is 0 Å². The highest BCUT2D eigenvalue weighted by Gasteiger charge is 2.73. The van der Waals surface area contributed by atoms with Crippen LogP contribution in [0, 0.1) is 0 Å². The van der Waals surface area contributed by atoms with E-state index in [0.717, 1.165) is 17.8 Å². The van der Waals surface area contributed by atoms with Crippen molar-refractivity contribution in [3.63, 3.8) is 0 Å². The number of H-pyrrole nitrogens is 1. The Balaban J connectivity index is 2.07. The lowest BCUT2D eigenvalue weighted by Gasteiger charge is -2.42. The number of nitrogens with zero attached hydrogens (tertiary/aromatic N) is 3. The van der Waals surface area contributed by atoms with Crippen molar-refractivity contribution in [2.75, 3.05) is 12.3 Å². The number of aromatic nitrogens is 4. The average Bonchev–Trinajstić information content (AvgIpc) is 3.05. The summed E-state index contributed by atoms with van der Waals surface area (Å²) in [6.07, 6.45) is 1.12. The van der Waals surface area contributed by atoms with Crippen LogP contribution in [0.4, 0.5) is 5.95 Å². The van der Waals surface area contributed by atoms with Gasteiger partial charge >= 0.3 is 15.6 Å². The summed E-state index contributed by atoms with van der Waals surface area (Å²) in [6, 6.07) is 0. The molecule has 8 N–H and O–H groups in total. The molecule has 3 heterocycles. The highest BCUT2D eigenvalue weighted by molar-refractivity contribution is 7.60. The Kier molecular flexibility index (Phi) is 5.56. The largest absolute Gasteiger partial charge is 0.481 e. The van der Waals surface area contributed by atoms with Crippen molar-refractivity contribution in [1.82, 2.24) is 19.5 Å². The number of aliphatic hydroxyl groups is 2. The van der Waals surface area contributed by atoms with Crippen LogP contribution in [-0.2, 0) is 28.4 Å². The van der Waals surface area contributed by atoms with E-state index in [0.29, 0.717) is 0 Å². The number of imidazole rings is 1. The molecule has 0 spiro atoms. The molecule has 0 bridgehead atoms. The molecule has 1 aliphatic heterocycles. The number of nitrogen functional groups attached to an aromatic ring is 1. The molecule has 0 aliphatic carbocycles. The maximum Gasteiger partial charge on any atom is 0.481 e. The summed E-state index contributed by atoms with van der Waals surface area (Å²) in [5.41, 5.74) is -3.58. The van der Waals surface area contributed by atoms with E-state index in [9.17, 15) is 29.0 Å². The van der Waals surface area contributed by atoms with Crippen LogP contribution in [0.5, 0.6) is 0 Å². The Hall–Kier alpha value is -1.71. The van der Waals surface area contributed by atoms with Gasteiger partial charge in [0, 0.05) is 0 Å². The number of nitrogens with one attached hydrogen (secondary N) is 1. The quantitative estimate of drug-likeness (QED) is 0.233. The molecule has 3 rings (SSSR count). The van der Waals surface area contributed by atoms with Gasteiger partial charge in [0.25, 0.3) is 5.56 Å². The second-order valence-corrected chi connectivity index (χ2v) is 10.8. The number of aromatic amines is 1. The van der Waals surface area contributed by atoms with Crippen LogP contribution in [0.25, 0.3) is 11.2 Å². The van der Waals surface area contributed by atoms with E-state index in [1.165, 1.54) is 20.8 Å². The highest BCUT2D eigenvalue weighted by Crippen LogP contribution is 2.60. The monoisotopic (exact) mass is 499 g/mol. The Morgan fingerprint density at radius 1 is 1.19 bits per heavy atom. The van der Waals surface area contributed by atoms with E-state index in [1.54, 1.807) is 0 Å². The third-order valence-electron chi connectivity index (χ3n) is 5.90. The van der Waals surface area contributed by atoms with E-state index in [-0.39, 0.29) is 17.1 Å². The van der Waals surface area contributed by atoms with Crippen molar-refractivity contribution in [2.45, 2.75) is 50.2 Å². The first-order valence-corrected chi connectivity index (χ1v) is 11.9. The fourth-order valence-electron chi connectivity index (χ4n) is 3.66. The molecule has 180 valence electrons. The molecule has 0 saturated carbocycles. The van der Waals surface area contributed by atoms with Gasteiger partial charge < -0.3 is 35.4 Å². The molecule has 2 aromatic heterocycles. The summed E-state index contributed by atoms with van der Waals surface area (Å²) >= 11 is 0. The Morgan fingerprint density at radius 2 is 1.78 bits per heavy atom. The summed E-state index contributed by atoms with van der Waals surface area (Å²) in [7, 11) is -10.7. The zero-order chi connectivity index (χ0) is 24.5. The maximum atomic E-state index is 12.1. The molecular formula is C14H23N5O11P2. The Morgan fingerprint density at radius 3 is 2.34 bits per heavy atom. The normalized spacial score (nSPS) is 35.3. The van der Waals surface area contributed by atoms with Gasteiger partial charge in [-0.3, -0.25) is 18.9 Å². The minimum atomic E-state index is -5.39. The fraction of sp³-hybridized carbons (Fsp3) is 0.643. The van der Waals surface area contributed by atoms with E-state index in [4.69, 9.17) is 20.3 Å². The molecule has 2 aromatic rings. The Labute approximate surface area is 179 Å². The lowest BCUT2D eigenvalue weighted by Crippen LogP contribution is -2.63. The second kappa shape index (κ2) is 7.14. The predicted octanol–water partition coefficient (Wildman–Crippen LogP) is -1.11. The summed E-state index contributed by atoms with van der Waals surface area (Å²) in [5.74, 6) is -0.251. The number of phosphoric acid groups is 2. The van der Waals surface area contributed by atoms with E-state index < -0.39 is 50.3 Å². The summed E-state index contributed by atoms with van der Waals surface area (Å²) in [6.45, 7) is 3.95. The summed E-state index contributed by atoms with van der Waals surface area (Å²) < 4.78 is 38.2. The molecule has 18 heteroatoms. The van der Waals surface area contributed by atoms with Gasteiger partial charge in [0.2, 0.25) is 5.95 Å². The van der Waals surface area contributed by atoms with E-state index in [2.05, 4.69) is 23.8 Å². The molecule has 0 radical (unpaired) electrons. The van der Waals surface area contributed by atoms with Crippen molar-refractivity contribution in [1.29, 1.82) is 0 Å². The minimum absolute atomic E-state index is 0.0901. The molecule has 0 aromatic carbocycles. The van der Waals surface area contributed by atoms with Gasteiger partial charge in [-0.25, -0.2) is 14.1 Å². The first kappa shape index (κ1) is 24.9. The summed E-state index contributed by atoms with van der Waals surface area (Å²) in [5, 5.41) is 22.6. The fourth-order valence-corrected chi connectivity index (χ4v) is 5.33. The SMILES string of the molecule is CC1(O)[C@@](C)(COP(=O)(O)OP(=O)(O)O)O[C@@](C)(n2cnc3c(=O)[nH]c(N)nc32)[C@@]1(C)O. The summed E-state index contributed by atoms with van der Waals surface area (Å²) in [4.78, 5) is 49.4. The van der Waals surface area contributed by atoms with Crippen LogP contribution in [0.2, 0.25) is 0 Å². The number of hydrogen-bond acceptors (Lipinski definition) is 11. The maximum absolute atomic E-state index is 12.1. The molecule has 1 saturated heterocycles. The molecule has 2 unspecified atom stereocenters. The first-order chi connectivity index (χ1) is 14.3. The minimum Gasteiger partial charge on any atom is -0.384 e. The molecule has 1 fully saturated rings. The van der Waals surface area contributed by atoms with Crippen LogP contribution >= 0.6 is 15.6 Å². The smallest absolute Gasteiger partial charge is 0.384 e. The number of fused-ring (bicyclic) bond motifs is 1. The second-order valence-electron chi connectivity index (χ2n) is 8.01. The lowest BCUT2D eigenvalue weighted by molar-refractivity contribution is -0.192. The van der Waals surface area contributed by atoms with Crippen molar-refractivity contribution in [2.24, 2.45) is 0 Å². The van der Waals surface area contributed by atoms with Crippen molar-refractivity contribution in [3.8, 4) is 0 Å². The van der Waals surface area contributed by atoms with Gasteiger partial charge in [-0.15, -0.1) is 0 Å². The van der Waals surface area contributed by atoms with Crippen LogP contribution < -0.4 is 11.3 Å². The first-order valence-electron chi connectivity index (χ1n) is 8.89. The molecule has 5 atom stereocenters. The predicted molar refractivity (Wildman–Crippen MR) is 106 cm³/mol. The molecule has 16 nitrogen and oxygen atoms in total. The van der Waals surface area contributed by atoms with Gasteiger partial charge in [0.1, 0.15) is 16.8 Å². The Bertz CT molecular complexity index is 1220. The molecule has 0 amide bonds. The number of rotatable bonds is 6. The molecule has 1 aliphatic rings. The van der Waals surface area contributed by atoms with E-state index >= 15 is 0 Å². The van der Waals surface area contributed by atoms with Crippen molar-refractivity contribution < 1.29 is 47.6 Å². The van der Waals surface area contributed by atoms with Gasteiger partial charge in [-0.05, 0) is 27.7 Å². The van der Waals surface area contributed by atoms with Crippen LogP contribution in [-0.4, -0.2) is 67.8 Å². The zero-order valence-corrected chi connectivity index (χ0v) is 19.1. The lowest BCUT2D eigenvalue weighted by atomic mass is 9.73. The van der Waals surface area contributed by atoms with Crippen LogP contribution in [0.15, 0.2) is 11.1 Å². The number of nitrogens with two attached hydrogens (primary N) is 1. The van der Waals surface area contributed by atoms with Crippen LogP contribution in [0.1, 0.15) is 27.7 Å².